The number of aromatic nitrogens is 3. The highest BCUT2D eigenvalue weighted by molar-refractivity contribution is 6.32. The van der Waals surface area contributed by atoms with Gasteiger partial charge in [-0.05, 0) is 70.1 Å². The Bertz CT molecular complexity index is 1620. The zero-order valence-corrected chi connectivity index (χ0v) is 28.3. The van der Waals surface area contributed by atoms with E-state index in [1.165, 1.54) is 21.3 Å². The SMILES string of the molecule is COCOc1cc(Cl)c(C2CC2)c(-c2ncc3c(N4CC5CCC(C4)N5C(=O)OC(C)(C)C)nc(OCC(OC)OC)nc3c2F)c1. The molecule has 254 valence electrons. The number of ether oxygens (including phenoxy) is 6. The van der Waals surface area contributed by atoms with Gasteiger partial charge in [0.1, 0.15) is 35.0 Å². The smallest absolute Gasteiger partial charge is 0.410 e. The van der Waals surface area contributed by atoms with Crippen LogP contribution in [0, 0.1) is 5.82 Å². The third-order valence-electron chi connectivity index (χ3n) is 8.59. The van der Waals surface area contributed by atoms with Crippen molar-refractivity contribution in [3.05, 3.63) is 34.7 Å². The summed E-state index contributed by atoms with van der Waals surface area (Å²) >= 11 is 6.74. The number of fused-ring (bicyclic) bond motifs is 3. The number of anilines is 1. The van der Waals surface area contributed by atoms with E-state index in [0.717, 1.165) is 31.2 Å². The highest BCUT2D eigenvalue weighted by Gasteiger charge is 2.45. The molecule has 47 heavy (non-hydrogen) atoms. The predicted molar refractivity (Wildman–Crippen MR) is 173 cm³/mol. The summed E-state index contributed by atoms with van der Waals surface area (Å²) in [6.07, 6.45) is 4.12. The van der Waals surface area contributed by atoms with Crippen LogP contribution < -0.4 is 14.4 Å². The van der Waals surface area contributed by atoms with Crippen molar-refractivity contribution in [1.82, 2.24) is 19.9 Å². The van der Waals surface area contributed by atoms with Crippen LogP contribution in [0.1, 0.15) is 57.9 Å². The highest BCUT2D eigenvalue weighted by atomic mass is 35.5. The van der Waals surface area contributed by atoms with Crippen LogP contribution in [-0.2, 0) is 18.9 Å². The van der Waals surface area contributed by atoms with E-state index in [-0.39, 0.29) is 54.7 Å². The Labute approximate surface area is 278 Å². The summed E-state index contributed by atoms with van der Waals surface area (Å²) in [6, 6.07) is 3.22. The Kier molecular flexibility index (Phi) is 9.62. The third kappa shape index (κ3) is 7.03. The molecule has 1 amide bonds. The molecule has 6 rings (SSSR count). The maximum absolute atomic E-state index is 16.8. The lowest BCUT2D eigenvalue weighted by Crippen LogP contribution is -2.57. The molecule has 3 aliphatic rings. The summed E-state index contributed by atoms with van der Waals surface area (Å²) in [5.74, 6) is 0.465. The minimum atomic E-state index is -0.679. The van der Waals surface area contributed by atoms with Crippen LogP contribution in [0.25, 0.3) is 22.2 Å². The first kappa shape index (κ1) is 33.4. The van der Waals surface area contributed by atoms with Crippen molar-refractivity contribution < 1.29 is 37.6 Å². The maximum Gasteiger partial charge on any atom is 0.410 e. The van der Waals surface area contributed by atoms with Gasteiger partial charge in [0.05, 0.1) is 17.5 Å². The highest BCUT2D eigenvalue weighted by Crippen LogP contribution is 2.49. The first-order valence-electron chi connectivity index (χ1n) is 15.8. The second-order valence-electron chi connectivity index (χ2n) is 13.1. The zero-order chi connectivity index (χ0) is 33.5. The van der Waals surface area contributed by atoms with Crippen LogP contribution >= 0.6 is 11.6 Å². The van der Waals surface area contributed by atoms with Gasteiger partial charge in [0, 0.05) is 51.2 Å². The van der Waals surface area contributed by atoms with E-state index >= 15 is 4.39 Å². The number of piperazine rings is 1. The van der Waals surface area contributed by atoms with Crippen LogP contribution in [0.15, 0.2) is 18.3 Å². The molecular weight excluding hydrogens is 633 g/mol. The Morgan fingerprint density at radius 2 is 1.74 bits per heavy atom. The summed E-state index contributed by atoms with van der Waals surface area (Å²) in [6.45, 7) is 6.51. The number of rotatable bonds is 11. The van der Waals surface area contributed by atoms with Gasteiger partial charge in [-0.2, -0.15) is 9.97 Å². The Morgan fingerprint density at radius 1 is 1.04 bits per heavy atom. The van der Waals surface area contributed by atoms with Gasteiger partial charge < -0.3 is 33.3 Å². The lowest BCUT2D eigenvalue weighted by atomic mass is 9.98. The van der Waals surface area contributed by atoms with E-state index < -0.39 is 17.7 Å². The Balaban J connectivity index is 1.42. The van der Waals surface area contributed by atoms with Gasteiger partial charge in [0.2, 0.25) is 0 Å². The van der Waals surface area contributed by atoms with Crippen LogP contribution in [0.2, 0.25) is 5.02 Å². The van der Waals surface area contributed by atoms with Gasteiger partial charge in [-0.25, -0.2) is 9.18 Å². The van der Waals surface area contributed by atoms with Gasteiger partial charge >= 0.3 is 12.1 Å². The largest absolute Gasteiger partial charge is 0.467 e. The normalized spacial score (nSPS) is 19.5. The standard InChI is InChI=1S/C33H41ClFN5O7/c1-33(2,3)47-32(41)40-19-9-10-20(40)15-39(14-19)30-23-13-36-28(27(35)29(23)37-31(38-30)45-16-25(43-5)44-6)22-11-21(46-17-42-4)12-24(34)26(22)18-7-8-18/h11-13,18-20,25H,7-10,14-17H2,1-6H3. The molecule has 4 heterocycles. The number of benzene rings is 1. The molecule has 1 saturated carbocycles. The summed E-state index contributed by atoms with van der Waals surface area (Å²) < 4.78 is 49.7. The van der Waals surface area contributed by atoms with E-state index in [2.05, 4.69) is 14.9 Å². The lowest BCUT2D eigenvalue weighted by Gasteiger charge is -2.42. The Morgan fingerprint density at radius 3 is 2.36 bits per heavy atom. The van der Waals surface area contributed by atoms with E-state index in [0.29, 0.717) is 40.6 Å². The van der Waals surface area contributed by atoms with Crippen LogP contribution in [0.5, 0.6) is 11.8 Å². The Hall–Kier alpha value is -3.52. The molecule has 1 aromatic carbocycles. The van der Waals surface area contributed by atoms with Crippen molar-refractivity contribution in [2.45, 2.75) is 76.3 Å². The monoisotopic (exact) mass is 673 g/mol. The molecular formula is C33H41ClFN5O7. The van der Waals surface area contributed by atoms with Gasteiger partial charge in [0.15, 0.2) is 18.9 Å². The van der Waals surface area contributed by atoms with Gasteiger partial charge in [-0.15, -0.1) is 0 Å². The fourth-order valence-corrected chi connectivity index (χ4v) is 6.73. The number of carbonyl (C=O) groups is 1. The second kappa shape index (κ2) is 13.5. The molecule has 0 radical (unpaired) electrons. The number of pyridine rings is 1. The number of amides is 1. The molecule has 2 aliphatic heterocycles. The molecule has 3 fully saturated rings. The number of methoxy groups -OCH3 is 3. The topological polar surface area (TPSA) is 118 Å². The van der Waals surface area contributed by atoms with Crippen molar-refractivity contribution in [2.75, 3.05) is 52.7 Å². The number of hydrogen-bond donors (Lipinski definition) is 0. The summed E-state index contributed by atoms with van der Waals surface area (Å²) in [7, 11) is 4.51. The van der Waals surface area contributed by atoms with Crippen LogP contribution in [0.3, 0.4) is 0 Å². The fourth-order valence-electron chi connectivity index (χ4n) is 6.36. The molecule has 2 unspecified atom stereocenters. The molecule has 2 bridgehead atoms. The molecule has 3 aromatic rings. The summed E-state index contributed by atoms with van der Waals surface area (Å²) in [4.78, 5) is 30.9. The predicted octanol–water partition coefficient (Wildman–Crippen LogP) is 5.93. The molecule has 0 spiro atoms. The van der Waals surface area contributed by atoms with Gasteiger partial charge in [-0.3, -0.25) is 9.88 Å². The molecule has 2 atom stereocenters. The van der Waals surface area contributed by atoms with Crippen molar-refractivity contribution in [3.8, 4) is 23.0 Å². The number of halogens is 2. The number of nitrogens with zero attached hydrogens (tertiary/aromatic N) is 5. The first-order valence-corrected chi connectivity index (χ1v) is 16.2. The van der Waals surface area contributed by atoms with E-state index in [9.17, 15) is 4.79 Å². The molecule has 12 nitrogen and oxygen atoms in total. The van der Waals surface area contributed by atoms with Crippen LogP contribution in [0.4, 0.5) is 15.0 Å². The lowest BCUT2D eigenvalue weighted by molar-refractivity contribution is -0.123. The van der Waals surface area contributed by atoms with E-state index in [4.69, 9.17) is 45.0 Å². The molecule has 2 saturated heterocycles. The van der Waals surface area contributed by atoms with Crippen molar-refractivity contribution in [3.63, 3.8) is 0 Å². The second-order valence-corrected chi connectivity index (χ2v) is 13.5. The minimum absolute atomic E-state index is 0.0105. The van der Waals surface area contributed by atoms with Crippen molar-refractivity contribution >= 4 is 34.4 Å². The fraction of sp³-hybridized carbons (Fsp3) is 0.576. The zero-order valence-electron chi connectivity index (χ0n) is 27.5. The number of hydrogen-bond acceptors (Lipinski definition) is 11. The van der Waals surface area contributed by atoms with Crippen LogP contribution in [-0.4, -0.2) is 97.7 Å². The average molecular weight is 674 g/mol. The number of carbonyl (C=O) groups excluding carboxylic acids is 1. The average Bonchev–Trinajstić information content (AvgIpc) is 3.83. The molecule has 14 heteroatoms. The molecule has 1 aliphatic carbocycles. The maximum atomic E-state index is 16.8. The van der Waals surface area contributed by atoms with E-state index in [1.807, 2.05) is 25.7 Å². The third-order valence-corrected chi connectivity index (χ3v) is 8.90. The van der Waals surface area contributed by atoms with E-state index in [1.54, 1.807) is 18.3 Å². The first-order chi connectivity index (χ1) is 22.5. The quantitative estimate of drug-likeness (QED) is 0.225. The molecule has 2 aromatic heterocycles. The molecule has 0 N–H and O–H groups in total. The summed E-state index contributed by atoms with van der Waals surface area (Å²) in [5, 5.41) is 0.901. The minimum Gasteiger partial charge on any atom is -0.467 e. The van der Waals surface area contributed by atoms with Gasteiger partial charge in [0.25, 0.3) is 0 Å². The van der Waals surface area contributed by atoms with Crippen molar-refractivity contribution in [1.29, 1.82) is 0 Å². The summed E-state index contributed by atoms with van der Waals surface area (Å²) in [5.41, 5.74) is 0.901. The van der Waals surface area contributed by atoms with Gasteiger partial charge in [-0.1, -0.05) is 11.6 Å². The van der Waals surface area contributed by atoms with Crippen molar-refractivity contribution in [2.24, 2.45) is 0 Å².